The number of halogens is 1. The van der Waals surface area contributed by atoms with Crippen molar-refractivity contribution in [3.05, 3.63) is 82.1 Å². The van der Waals surface area contributed by atoms with E-state index in [9.17, 15) is 5.11 Å². The van der Waals surface area contributed by atoms with Gasteiger partial charge >= 0.3 is 15.9 Å². The third-order valence-corrected chi connectivity index (χ3v) is 9.22. The summed E-state index contributed by atoms with van der Waals surface area (Å²) < 4.78 is 14.6. The zero-order valence-electron chi connectivity index (χ0n) is 21.1. The molecule has 0 radical (unpaired) electrons. The molecule has 0 saturated heterocycles. The van der Waals surface area contributed by atoms with Crippen LogP contribution in [0.5, 0.6) is 5.88 Å². The first-order chi connectivity index (χ1) is 17.3. The standard InChI is InChI=1S/C28H31ClN3O3.Al.H/c1-5-9-20-23(27(35)32(30-20)17-10-7-6-8-11-17)24-25(33)18(26(24)34)15-22-28(2,3)19-14-16(29)12-13-21(19)31(22)4;;/h6-8,10-15,18,24-26,33,35H,5,9H2,1-4H3;;/q-1;+2;/p-1. The number of anilines is 1. The van der Waals surface area contributed by atoms with Gasteiger partial charge in [0.2, 0.25) is 0 Å². The largest absolute Gasteiger partial charge is 0.741 e. The molecule has 4 atom stereocenters. The van der Waals surface area contributed by atoms with Crippen molar-refractivity contribution < 1.29 is 12.7 Å². The highest BCUT2D eigenvalue weighted by atomic mass is 35.5. The number of para-hydroxylation sites is 1. The monoisotopic (exact) mass is 519 g/mol. The fraction of sp³-hybridized carbons (Fsp3) is 0.393. The molecular weight excluding hydrogens is 489 g/mol. The first-order valence-electron chi connectivity index (χ1n) is 12.7. The van der Waals surface area contributed by atoms with E-state index in [2.05, 4.69) is 50.9 Å². The summed E-state index contributed by atoms with van der Waals surface area (Å²) in [5, 5.41) is 17.3. The molecule has 186 valence electrons. The lowest BCUT2D eigenvalue weighted by atomic mass is 9.64. The van der Waals surface area contributed by atoms with Crippen LogP contribution < -0.4 is 8.69 Å². The summed E-state index contributed by atoms with van der Waals surface area (Å²) in [6.45, 7) is 6.58. The zero-order chi connectivity index (χ0) is 25.2. The van der Waals surface area contributed by atoms with Crippen molar-refractivity contribution in [1.29, 1.82) is 0 Å². The number of likely N-dealkylation sites (N-methyl/N-ethyl adjacent to an activating group) is 1. The number of fused-ring (bicyclic) bond motifs is 4. The van der Waals surface area contributed by atoms with Crippen LogP contribution in [-0.2, 0) is 15.6 Å². The predicted octanol–water partition coefficient (Wildman–Crippen LogP) is 4.91. The molecule has 3 aromatic rings. The number of nitrogens with zero attached hydrogens (tertiary/aromatic N) is 3. The van der Waals surface area contributed by atoms with E-state index in [0.717, 1.165) is 52.1 Å². The molecule has 1 saturated carbocycles. The second-order valence-electron chi connectivity index (χ2n) is 10.5. The number of aliphatic hydroxyl groups excluding tert-OH is 1. The maximum Gasteiger partial charge on any atom is 0.741 e. The summed E-state index contributed by atoms with van der Waals surface area (Å²) in [6, 6.07) is 16.1. The highest BCUT2D eigenvalue weighted by Gasteiger charge is 2.55. The summed E-state index contributed by atoms with van der Waals surface area (Å²) in [5.74, 6) is 0.477. The molecule has 1 fully saturated rings. The second kappa shape index (κ2) is 8.94. The van der Waals surface area contributed by atoms with Gasteiger partial charge in [0.1, 0.15) is 0 Å². The third kappa shape index (κ3) is 3.56. The molecule has 3 aliphatic rings. The van der Waals surface area contributed by atoms with E-state index in [1.54, 1.807) is 0 Å². The number of allylic oxidation sites excluding steroid dienone is 1. The van der Waals surface area contributed by atoms with E-state index >= 15 is 0 Å². The number of hydrogen-bond acceptors (Lipinski definition) is 5. The highest BCUT2D eigenvalue weighted by Crippen LogP contribution is 2.54. The molecule has 0 bridgehead atoms. The van der Waals surface area contributed by atoms with Gasteiger partial charge in [-0.2, -0.15) is 5.10 Å². The van der Waals surface area contributed by atoms with Gasteiger partial charge in [-0.1, -0.05) is 63.1 Å². The normalized spacial score (nSPS) is 26.8. The molecule has 1 aliphatic carbocycles. The van der Waals surface area contributed by atoms with Crippen LogP contribution in [0.3, 0.4) is 0 Å². The van der Waals surface area contributed by atoms with Gasteiger partial charge in [-0.3, -0.25) is 0 Å². The maximum atomic E-state index is 11.6. The lowest BCUT2D eigenvalue weighted by Crippen LogP contribution is -2.54. The molecule has 1 N–H and O–H groups in total. The Labute approximate surface area is 223 Å². The summed E-state index contributed by atoms with van der Waals surface area (Å²) in [7, 11) is 2.09. The van der Waals surface area contributed by atoms with Crippen LogP contribution in [0, 0.1) is 5.92 Å². The van der Waals surface area contributed by atoms with Crippen molar-refractivity contribution in [1.82, 2.24) is 9.78 Å². The number of aryl methyl sites for hydroxylation is 1. The van der Waals surface area contributed by atoms with Crippen molar-refractivity contribution in [3.8, 4) is 11.6 Å². The van der Waals surface area contributed by atoms with Gasteiger partial charge in [0.15, 0.2) is 5.88 Å². The van der Waals surface area contributed by atoms with Crippen LogP contribution in [0.1, 0.15) is 49.9 Å². The molecule has 4 unspecified atom stereocenters. The summed E-state index contributed by atoms with van der Waals surface area (Å²) >= 11 is 5.04. The van der Waals surface area contributed by atoms with Crippen molar-refractivity contribution in [2.45, 2.75) is 57.2 Å². The molecular formula is C28H31AlClN3O3. The molecule has 0 amide bonds. The van der Waals surface area contributed by atoms with E-state index in [-0.39, 0.29) is 23.4 Å². The Morgan fingerprint density at radius 1 is 1.19 bits per heavy atom. The van der Waals surface area contributed by atoms with Gasteiger partial charge in [0.25, 0.3) is 0 Å². The van der Waals surface area contributed by atoms with Crippen LogP contribution >= 0.6 is 11.6 Å². The van der Waals surface area contributed by atoms with Gasteiger partial charge in [0.05, 0.1) is 17.5 Å². The summed E-state index contributed by atoms with van der Waals surface area (Å²) in [6.07, 6.45) is 3.33. The molecule has 3 heterocycles. The molecule has 6 rings (SSSR count). The maximum absolute atomic E-state index is 11.6. The number of aliphatic hydroxyl groups is 1. The van der Waals surface area contributed by atoms with E-state index in [1.165, 1.54) is 5.56 Å². The van der Waals surface area contributed by atoms with Gasteiger partial charge in [-0.05, 0) is 42.3 Å². The van der Waals surface area contributed by atoms with Crippen molar-refractivity contribution in [2.24, 2.45) is 5.92 Å². The molecule has 8 heteroatoms. The Hall–Kier alpha value is -2.27. The van der Waals surface area contributed by atoms with Crippen LogP contribution in [-0.4, -0.2) is 50.0 Å². The molecule has 6 nitrogen and oxygen atoms in total. The van der Waals surface area contributed by atoms with Crippen molar-refractivity contribution in [3.63, 3.8) is 0 Å². The Morgan fingerprint density at radius 3 is 2.72 bits per heavy atom. The van der Waals surface area contributed by atoms with E-state index < -0.39 is 22.0 Å². The first kappa shape index (κ1) is 24.1. The van der Waals surface area contributed by atoms with E-state index in [4.69, 9.17) is 24.3 Å². The highest BCUT2D eigenvalue weighted by molar-refractivity contribution is 6.30. The number of hydrogen-bond donors (Lipinski definition) is 1. The Bertz CT molecular complexity index is 1340. The van der Waals surface area contributed by atoms with Crippen LogP contribution in [0.15, 0.2) is 60.3 Å². The average molecular weight is 520 g/mol. The van der Waals surface area contributed by atoms with Crippen LogP contribution in [0.25, 0.3) is 5.69 Å². The average Bonchev–Trinajstić information content (AvgIpc) is 3.21. The smallest absolute Gasteiger partial charge is 0.610 e. The molecule has 2 aromatic carbocycles. The quantitative estimate of drug-likeness (QED) is 0.496. The molecule has 36 heavy (non-hydrogen) atoms. The number of aromatic nitrogens is 2. The Kier molecular flexibility index (Phi) is 5.98. The fourth-order valence-corrected chi connectivity index (χ4v) is 7.44. The number of benzene rings is 2. The Balaban J connectivity index is 1.38. The van der Waals surface area contributed by atoms with Crippen LogP contribution in [0.4, 0.5) is 5.69 Å². The summed E-state index contributed by atoms with van der Waals surface area (Å²) in [5.41, 5.74) is 6.26. The van der Waals surface area contributed by atoms with Gasteiger partial charge in [0, 0.05) is 52.4 Å². The zero-order valence-corrected chi connectivity index (χ0v) is 23.3. The minimum absolute atomic E-state index is 0.117. The summed E-state index contributed by atoms with van der Waals surface area (Å²) in [4.78, 5) is 2.22. The van der Waals surface area contributed by atoms with E-state index in [1.807, 2.05) is 41.1 Å². The topological polar surface area (TPSA) is 59.8 Å². The fourth-order valence-electron chi connectivity index (χ4n) is 6.22. The first-order valence-corrected chi connectivity index (χ1v) is 14.2. The minimum atomic E-state index is -1.31. The SMILES string of the molecule is CCCc1nn(-c2ccccc2)c2c1C1C(O)C(C=C3N(C)c4ccc(Cl)cc4C3(C)C)C1[O][AlH][O]2. The lowest BCUT2D eigenvalue weighted by Gasteiger charge is -2.48. The molecule has 1 aromatic heterocycles. The van der Waals surface area contributed by atoms with Crippen molar-refractivity contribution in [2.75, 3.05) is 11.9 Å². The predicted molar refractivity (Wildman–Crippen MR) is 143 cm³/mol. The van der Waals surface area contributed by atoms with E-state index in [0.29, 0.717) is 0 Å². The van der Waals surface area contributed by atoms with Crippen LogP contribution in [0.2, 0.25) is 5.02 Å². The number of rotatable bonds is 4. The molecule has 2 aliphatic heterocycles. The second-order valence-corrected chi connectivity index (χ2v) is 11.8. The minimum Gasteiger partial charge on any atom is -0.610 e. The lowest BCUT2D eigenvalue weighted by molar-refractivity contribution is -0.0813. The van der Waals surface area contributed by atoms with Gasteiger partial charge in [-0.15, -0.1) is 0 Å². The van der Waals surface area contributed by atoms with Crippen molar-refractivity contribution >= 4 is 33.2 Å². The Morgan fingerprint density at radius 2 is 1.97 bits per heavy atom. The molecule has 0 spiro atoms. The van der Waals surface area contributed by atoms with Gasteiger partial charge < -0.3 is 17.6 Å². The third-order valence-electron chi connectivity index (χ3n) is 8.07. The van der Waals surface area contributed by atoms with Gasteiger partial charge in [-0.25, -0.2) is 4.68 Å².